The van der Waals surface area contributed by atoms with Crippen LogP contribution in [0.25, 0.3) is 16.8 Å². The molecule has 0 saturated heterocycles. The topological polar surface area (TPSA) is 80.6 Å². The zero-order valence-corrected chi connectivity index (χ0v) is 13.5. The molecule has 0 atom stereocenters. The van der Waals surface area contributed by atoms with E-state index in [4.69, 9.17) is 5.73 Å². The van der Waals surface area contributed by atoms with Crippen LogP contribution in [0.5, 0.6) is 0 Å². The van der Waals surface area contributed by atoms with Crippen molar-refractivity contribution in [3.63, 3.8) is 0 Å². The number of nitrogen functional groups attached to an aromatic ring is 1. The highest BCUT2D eigenvalue weighted by molar-refractivity contribution is 5.82. The zero-order valence-electron chi connectivity index (χ0n) is 13.5. The maximum Gasteiger partial charge on any atom is 0.170 e. The van der Waals surface area contributed by atoms with Crippen LogP contribution in [-0.2, 0) is 6.42 Å². The van der Waals surface area contributed by atoms with Crippen LogP contribution in [0.2, 0.25) is 0 Å². The SMILES string of the molecule is C1CC1.Nc1nc2ccc(-c3ccccc3CCO)cn2c1C=O. The van der Waals surface area contributed by atoms with Gasteiger partial charge in [-0.15, -0.1) is 0 Å². The highest BCUT2D eigenvalue weighted by atomic mass is 16.2. The zero-order chi connectivity index (χ0) is 16.9. The Labute approximate surface area is 140 Å². The Bertz CT molecular complexity index is 850. The molecule has 1 aromatic carbocycles. The molecule has 5 heteroatoms. The number of nitrogens with two attached hydrogens (primary N) is 1. The smallest absolute Gasteiger partial charge is 0.170 e. The lowest BCUT2D eigenvalue weighted by Gasteiger charge is -2.09. The van der Waals surface area contributed by atoms with Crippen molar-refractivity contribution in [3.8, 4) is 11.1 Å². The van der Waals surface area contributed by atoms with E-state index < -0.39 is 0 Å². The van der Waals surface area contributed by atoms with E-state index in [9.17, 15) is 9.90 Å². The Morgan fingerprint density at radius 3 is 2.58 bits per heavy atom. The number of carbonyl (C=O) groups excluding carboxylic acids is 1. The van der Waals surface area contributed by atoms with Crippen LogP contribution >= 0.6 is 0 Å². The molecule has 0 radical (unpaired) electrons. The lowest BCUT2D eigenvalue weighted by Crippen LogP contribution is -1.97. The molecule has 0 unspecified atom stereocenters. The summed E-state index contributed by atoms with van der Waals surface area (Å²) in [7, 11) is 0. The van der Waals surface area contributed by atoms with E-state index >= 15 is 0 Å². The van der Waals surface area contributed by atoms with Crippen molar-refractivity contribution in [1.29, 1.82) is 0 Å². The second-order valence-corrected chi connectivity index (χ2v) is 5.84. The summed E-state index contributed by atoms with van der Waals surface area (Å²) < 4.78 is 1.69. The number of aliphatic hydroxyl groups is 1. The predicted octanol–water partition coefficient (Wildman–Crippen LogP) is 3.10. The van der Waals surface area contributed by atoms with Crippen molar-refractivity contribution in [2.75, 3.05) is 12.3 Å². The van der Waals surface area contributed by atoms with Crippen LogP contribution in [0, 0.1) is 0 Å². The van der Waals surface area contributed by atoms with Gasteiger partial charge in [-0.3, -0.25) is 9.20 Å². The van der Waals surface area contributed by atoms with Crippen LogP contribution in [0.15, 0.2) is 42.6 Å². The minimum Gasteiger partial charge on any atom is -0.396 e. The Balaban J connectivity index is 0.000000508. The molecular weight excluding hydrogens is 302 g/mol. The molecule has 1 aliphatic rings. The molecule has 2 heterocycles. The second kappa shape index (κ2) is 7.27. The minimum absolute atomic E-state index is 0.0941. The van der Waals surface area contributed by atoms with Gasteiger partial charge in [0.05, 0.1) is 0 Å². The summed E-state index contributed by atoms with van der Waals surface area (Å²) in [4.78, 5) is 15.3. The predicted molar refractivity (Wildman–Crippen MR) is 95.1 cm³/mol. The fourth-order valence-corrected chi connectivity index (χ4v) is 2.50. The Morgan fingerprint density at radius 2 is 1.92 bits per heavy atom. The summed E-state index contributed by atoms with van der Waals surface area (Å²) >= 11 is 0. The van der Waals surface area contributed by atoms with Crippen LogP contribution in [0.4, 0.5) is 5.82 Å². The quantitative estimate of drug-likeness (QED) is 0.723. The maximum absolute atomic E-state index is 11.1. The van der Waals surface area contributed by atoms with Gasteiger partial charge >= 0.3 is 0 Å². The number of aldehydes is 1. The van der Waals surface area contributed by atoms with Crippen molar-refractivity contribution in [3.05, 3.63) is 53.9 Å². The summed E-state index contributed by atoms with van der Waals surface area (Å²) in [5, 5.41) is 9.17. The molecule has 1 aliphatic carbocycles. The van der Waals surface area contributed by atoms with Gasteiger partial charge in [-0.1, -0.05) is 43.5 Å². The minimum atomic E-state index is 0.0941. The first kappa shape index (κ1) is 16.2. The Kier molecular flexibility index (Phi) is 4.91. The van der Waals surface area contributed by atoms with Crippen molar-refractivity contribution >= 4 is 17.8 Å². The number of hydrogen-bond donors (Lipinski definition) is 2. The number of aliphatic hydroxyl groups excluding tert-OH is 1. The normalized spacial score (nSPS) is 12.5. The van der Waals surface area contributed by atoms with Gasteiger partial charge in [-0.2, -0.15) is 0 Å². The highest BCUT2D eigenvalue weighted by Gasteiger charge is 2.11. The highest BCUT2D eigenvalue weighted by Crippen LogP contribution is 2.25. The number of nitrogens with zero attached hydrogens (tertiary/aromatic N) is 2. The van der Waals surface area contributed by atoms with E-state index in [1.54, 1.807) is 4.40 Å². The second-order valence-electron chi connectivity index (χ2n) is 5.84. The number of fused-ring (bicyclic) bond motifs is 1. The molecule has 0 bridgehead atoms. The van der Waals surface area contributed by atoms with Gasteiger partial charge < -0.3 is 10.8 Å². The van der Waals surface area contributed by atoms with Crippen molar-refractivity contribution in [1.82, 2.24) is 9.38 Å². The van der Waals surface area contributed by atoms with E-state index in [0.29, 0.717) is 24.0 Å². The van der Waals surface area contributed by atoms with Crippen molar-refractivity contribution < 1.29 is 9.90 Å². The number of aromatic nitrogens is 2. The molecule has 4 rings (SSSR count). The number of imidazole rings is 1. The number of rotatable bonds is 4. The van der Waals surface area contributed by atoms with Crippen LogP contribution < -0.4 is 5.73 Å². The third kappa shape index (κ3) is 3.46. The fourth-order valence-electron chi connectivity index (χ4n) is 2.50. The van der Waals surface area contributed by atoms with Gasteiger partial charge in [0, 0.05) is 12.8 Å². The number of benzene rings is 1. The van der Waals surface area contributed by atoms with Crippen LogP contribution in [-0.4, -0.2) is 27.4 Å². The molecule has 3 N–H and O–H groups in total. The summed E-state index contributed by atoms with van der Waals surface area (Å²) in [6.45, 7) is 0.0941. The Morgan fingerprint density at radius 1 is 1.17 bits per heavy atom. The molecule has 0 spiro atoms. The first-order valence-electron chi connectivity index (χ1n) is 8.16. The molecule has 5 nitrogen and oxygen atoms in total. The molecule has 2 aromatic heterocycles. The maximum atomic E-state index is 11.1. The first-order valence-corrected chi connectivity index (χ1v) is 8.16. The summed E-state index contributed by atoms with van der Waals surface area (Å²) in [6.07, 6.45) is 7.64. The molecule has 0 amide bonds. The van der Waals surface area contributed by atoms with Crippen LogP contribution in [0.3, 0.4) is 0 Å². The van der Waals surface area contributed by atoms with Crippen molar-refractivity contribution in [2.24, 2.45) is 0 Å². The number of pyridine rings is 1. The van der Waals surface area contributed by atoms with Gasteiger partial charge in [-0.05, 0) is 35.2 Å². The van der Waals surface area contributed by atoms with Crippen LogP contribution in [0.1, 0.15) is 35.3 Å². The lowest BCUT2D eigenvalue weighted by molar-refractivity contribution is 0.111. The third-order valence-corrected chi connectivity index (χ3v) is 3.86. The molecule has 24 heavy (non-hydrogen) atoms. The van der Waals surface area contributed by atoms with E-state index in [2.05, 4.69) is 4.98 Å². The number of carbonyl (C=O) groups is 1. The van der Waals surface area contributed by atoms with Gasteiger partial charge in [0.15, 0.2) is 12.1 Å². The van der Waals surface area contributed by atoms with E-state index in [0.717, 1.165) is 16.7 Å². The summed E-state index contributed by atoms with van der Waals surface area (Å²) in [5.41, 5.74) is 9.76. The monoisotopic (exact) mass is 323 g/mol. The molecule has 1 saturated carbocycles. The largest absolute Gasteiger partial charge is 0.396 e. The average Bonchev–Trinajstić information content (AvgIpc) is 3.44. The molecule has 1 fully saturated rings. The first-order chi connectivity index (χ1) is 11.7. The lowest BCUT2D eigenvalue weighted by atomic mass is 9.99. The summed E-state index contributed by atoms with van der Waals surface area (Å²) in [5.74, 6) is 0.228. The molecule has 0 aliphatic heterocycles. The van der Waals surface area contributed by atoms with Crippen molar-refractivity contribution in [2.45, 2.75) is 25.7 Å². The standard InChI is InChI=1S/C16H15N3O2.C3H6/c17-16-14(10-21)19-9-12(5-6-15(19)18-16)13-4-2-1-3-11(13)7-8-20;1-2-3-1/h1-6,9-10,20H,7-8,17H2;1-3H2. The van der Waals surface area contributed by atoms with Gasteiger partial charge in [0.25, 0.3) is 0 Å². The summed E-state index contributed by atoms with van der Waals surface area (Å²) in [6, 6.07) is 11.6. The average molecular weight is 323 g/mol. The van der Waals surface area contributed by atoms with Gasteiger partial charge in [0.1, 0.15) is 11.3 Å². The van der Waals surface area contributed by atoms with E-state index in [1.807, 2.05) is 42.6 Å². The fraction of sp³-hybridized carbons (Fsp3) is 0.263. The molecular formula is C19H21N3O2. The number of hydrogen-bond acceptors (Lipinski definition) is 4. The van der Waals surface area contributed by atoms with Gasteiger partial charge in [-0.25, -0.2) is 4.98 Å². The number of anilines is 1. The molecule has 124 valence electrons. The molecule has 3 aromatic rings. The Hall–Kier alpha value is -2.66. The van der Waals surface area contributed by atoms with Gasteiger partial charge in [0.2, 0.25) is 0 Å². The van der Waals surface area contributed by atoms with E-state index in [1.165, 1.54) is 19.3 Å². The third-order valence-electron chi connectivity index (χ3n) is 3.86. The van der Waals surface area contributed by atoms with E-state index in [-0.39, 0.29) is 12.4 Å².